The normalized spacial score (nSPS) is 18.9. The molecule has 0 aliphatic heterocycles. The quantitative estimate of drug-likeness (QED) is 0.482. The SMILES string of the molecule is ClC(Cc1cccc2ccccc12)C1CCCCCC1. The summed E-state index contributed by atoms with van der Waals surface area (Å²) in [6, 6.07) is 15.2. The fraction of sp³-hybridized carbons (Fsp3) is 0.474. The monoisotopic (exact) mass is 286 g/mol. The summed E-state index contributed by atoms with van der Waals surface area (Å²) in [6.45, 7) is 0. The molecule has 1 fully saturated rings. The van der Waals surface area contributed by atoms with Crippen molar-refractivity contribution in [2.24, 2.45) is 5.92 Å². The van der Waals surface area contributed by atoms with Crippen LogP contribution < -0.4 is 0 Å². The predicted molar refractivity (Wildman–Crippen MR) is 88.5 cm³/mol. The zero-order valence-corrected chi connectivity index (χ0v) is 12.8. The highest BCUT2D eigenvalue weighted by atomic mass is 35.5. The maximum Gasteiger partial charge on any atom is 0.0404 e. The van der Waals surface area contributed by atoms with Gasteiger partial charge in [0.05, 0.1) is 0 Å². The highest BCUT2D eigenvalue weighted by molar-refractivity contribution is 6.21. The lowest BCUT2D eigenvalue weighted by Crippen LogP contribution is -2.17. The van der Waals surface area contributed by atoms with Gasteiger partial charge >= 0.3 is 0 Å². The number of hydrogen-bond acceptors (Lipinski definition) is 0. The van der Waals surface area contributed by atoms with Gasteiger partial charge in [-0.25, -0.2) is 0 Å². The van der Waals surface area contributed by atoms with Crippen molar-refractivity contribution in [3.63, 3.8) is 0 Å². The van der Waals surface area contributed by atoms with Gasteiger partial charge in [-0.2, -0.15) is 0 Å². The number of hydrogen-bond donors (Lipinski definition) is 0. The van der Waals surface area contributed by atoms with Gasteiger partial charge in [0.1, 0.15) is 0 Å². The largest absolute Gasteiger partial charge is 0.122 e. The molecule has 1 aliphatic rings. The Balaban J connectivity index is 1.78. The number of rotatable bonds is 3. The molecule has 0 saturated heterocycles. The van der Waals surface area contributed by atoms with Gasteiger partial charge in [0, 0.05) is 5.38 Å². The standard InChI is InChI=1S/C19H23Cl/c20-19(16-9-3-1-2-4-10-16)14-17-12-7-11-15-8-5-6-13-18(15)17/h5-8,11-13,16,19H,1-4,9-10,14H2. The van der Waals surface area contributed by atoms with Gasteiger partial charge in [0.25, 0.3) is 0 Å². The Labute approximate surface area is 127 Å². The van der Waals surface area contributed by atoms with Crippen LogP contribution in [0.2, 0.25) is 0 Å². The fourth-order valence-electron chi connectivity index (χ4n) is 3.52. The summed E-state index contributed by atoms with van der Waals surface area (Å²) in [5.41, 5.74) is 1.41. The van der Waals surface area contributed by atoms with E-state index in [0.717, 1.165) is 6.42 Å². The molecule has 0 heterocycles. The Hall–Kier alpha value is -1.01. The zero-order chi connectivity index (χ0) is 13.8. The maximum absolute atomic E-state index is 6.77. The lowest BCUT2D eigenvalue weighted by Gasteiger charge is -2.21. The first kappa shape index (κ1) is 13.9. The highest BCUT2D eigenvalue weighted by Gasteiger charge is 2.21. The van der Waals surface area contributed by atoms with E-state index < -0.39 is 0 Å². The smallest absolute Gasteiger partial charge is 0.0404 e. The average Bonchev–Trinajstić information content (AvgIpc) is 2.77. The fourth-order valence-corrected chi connectivity index (χ4v) is 3.94. The number of alkyl halides is 1. The molecule has 1 heteroatoms. The summed E-state index contributed by atoms with van der Waals surface area (Å²) in [5.74, 6) is 0.707. The Kier molecular flexibility index (Phi) is 4.62. The molecule has 0 bridgehead atoms. The molecule has 2 aromatic carbocycles. The van der Waals surface area contributed by atoms with Crippen LogP contribution in [0.5, 0.6) is 0 Å². The van der Waals surface area contributed by atoms with E-state index >= 15 is 0 Å². The molecule has 1 unspecified atom stereocenters. The third-order valence-corrected chi connectivity index (χ3v) is 5.22. The number of halogens is 1. The highest BCUT2D eigenvalue weighted by Crippen LogP contribution is 2.31. The third kappa shape index (κ3) is 3.17. The van der Waals surface area contributed by atoms with Gasteiger partial charge in [-0.1, -0.05) is 68.1 Å². The van der Waals surface area contributed by atoms with Gasteiger partial charge in [0.2, 0.25) is 0 Å². The van der Waals surface area contributed by atoms with Crippen LogP contribution in [-0.2, 0) is 6.42 Å². The van der Waals surface area contributed by atoms with Gasteiger partial charge in [0.15, 0.2) is 0 Å². The lowest BCUT2D eigenvalue weighted by atomic mass is 9.91. The molecular weight excluding hydrogens is 264 g/mol. The summed E-state index contributed by atoms with van der Waals surface area (Å²) in [6.07, 6.45) is 9.17. The van der Waals surface area contributed by atoms with Crippen LogP contribution in [-0.4, -0.2) is 5.38 Å². The molecule has 0 radical (unpaired) electrons. The molecule has 1 atom stereocenters. The molecular formula is C19H23Cl. The van der Waals surface area contributed by atoms with E-state index in [1.54, 1.807) is 0 Å². The minimum atomic E-state index is 0.291. The molecule has 0 amide bonds. The summed E-state index contributed by atoms with van der Waals surface area (Å²) < 4.78 is 0. The van der Waals surface area contributed by atoms with Crippen LogP contribution in [0.25, 0.3) is 10.8 Å². The van der Waals surface area contributed by atoms with Crippen molar-refractivity contribution in [1.29, 1.82) is 0 Å². The first-order chi connectivity index (χ1) is 9.84. The summed E-state index contributed by atoms with van der Waals surface area (Å²) in [5, 5.41) is 2.99. The Morgan fingerprint density at radius 1 is 0.900 bits per heavy atom. The van der Waals surface area contributed by atoms with Crippen molar-refractivity contribution >= 4 is 22.4 Å². The molecule has 1 saturated carbocycles. The van der Waals surface area contributed by atoms with Crippen LogP contribution in [0.15, 0.2) is 42.5 Å². The van der Waals surface area contributed by atoms with Crippen molar-refractivity contribution in [2.75, 3.05) is 0 Å². The van der Waals surface area contributed by atoms with Crippen molar-refractivity contribution < 1.29 is 0 Å². The topological polar surface area (TPSA) is 0 Å². The van der Waals surface area contributed by atoms with Crippen LogP contribution in [0.4, 0.5) is 0 Å². The first-order valence-electron chi connectivity index (χ1n) is 7.95. The van der Waals surface area contributed by atoms with Crippen molar-refractivity contribution in [3.8, 4) is 0 Å². The Morgan fingerprint density at radius 3 is 2.40 bits per heavy atom. The van der Waals surface area contributed by atoms with E-state index in [0.29, 0.717) is 11.3 Å². The van der Waals surface area contributed by atoms with Crippen molar-refractivity contribution in [1.82, 2.24) is 0 Å². The second-order valence-corrected chi connectivity index (χ2v) is 6.67. The molecule has 106 valence electrons. The van der Waals surface area contributed by atoms with Gasteiger partial charge in [-0.05, 0) is 41.5 Å². The molecule has 20 heavy (non-hydrogen) atoms. The average molecular weight is 287 g/mol. The second kappa shape index (κ2) is 6.63. The van der Waals surface area contributed by atoms with Crippen molar-refractivity contribution in [2.45, 2.75) is 50.3 Å². The summed E-state index contributed by atoms with van der Waals surface area (Å²) >= 11 is 6.77. The minimum Gasteiger partial charge on any atom is -0.122 e. The molecule has 1 aliphatic carbocycles. The Morgan fingerprint density at radius 2 is 1.60 bits per heavy atom. The lowest BCUT2D eigenvalue weighted by molar-refractivity contribution is 0.436. The maximum atomic E-state index is 6.77. The first-order valence-corrected chi connectivity index (χ1v) is 8.39. The van der Waals surface area contributed by atoms with Crippen molar-refractivity contribution in [3.05, 3.63) is 48.0 Å². The minimum absolute atomic E-state index is 0.291. The van der Waals surface area contributed by atoms with E-state index in [2.05, 4.69) is 42.5 Å². The van der Waals surface area contributed by atoms with E-state index in [1.807, 2.05) is 0 Å². The van der Waals surface area contributed by atoms with E-state index in [1.165, 1.54) is 54.9 Å². The molecule has 0 N–H and O–H groups in total. The Bertz CT molecular complexity index is 547. The van der Waals surface area contributed by atoms with E-state index in [4.69, 9.17) is 11.6 Å². The van der Waals surface area contributed by atoms with Crippen LogP contribution >= 0.6 is 11.6 Å². The van der Waals surface area contributed by atoms with Gasteiger partial charge in [-0.15, -0.1) is 11.6 Å². The molecule has 0 spiro atoms. The molecule has 3 rings (SSSR count). The molecule has 2 aromatic rings. The van der Waals surface area contributed by atoms with Crippen LogP contribution in [0.1, 0.15) is 44.1 Å². The predicted octanol–water partition coefficient (Wildman–Crippen LogP) is 5.96. The second-order valence-electron chi connectivity index (χ2n) is 6.11. The zero-order valence-electron chi connectivity index (χ0n) is 12.0. The number of benzene rings is 2. The number of fused-ring (bicyclic) bond motifs is 1. The van der Waals surface area contributed by atoms with Gasteiger partial charge in [-0.3, -0.25) is 0 Å². The van der Waals surface area contributed by atoms with Crippen LogP contribution in [0, 0.1) is 5.92 Å². The summed E-state index contributed by atoms with van der Waals surface area (Å²) in [7, 11) is 0. The van der Waals surface area contributed by atoms with Crippen LogP contribution in [0.3, 0.4) is 0 Å². The van der Waals surface area contributed by atoms with E-state index in [9.17, 15) is 0 Å². The third-order valence-electron chi connectivity index (χ3n) is 4.71. The summed E-state index contributed by atoms with van der Waals surface area (Å²) in [4.78, 5) is 0. The molecule has 0 aromatic heterocycles. The van der Waals surface area contributed by atoms with E-state index in [-0.39, 0.29) is 0 Å². The van der Waals surface area contributed by atoms with Gasteiger partial charge < -0.3 is 0 Å². The molecule has 0 nitrogen and oxygen atoms in total.